The summed E-state index contributed by atoms with van der Waals surface area (Å²) in [6, 6.07) is 3.95. The zero-order valence-corrected chi connectivity index (χ0v) is 14.1. The van der Waals surface area contributed by atoms with E-state index >= 15 is 0 Å². The highest BCUT2D eigenvalue weighted by molar-refractivity contribution is 5.85. The molecule has 0 aliphatic rings. The van der Waals surface area contributed by atoms with Crippen LogP contribution in [0.5, 0.6) is 5.75 Å². The molecule has 0 amide bonds. The number of carboxylic acid groups (broad SMARTS) is 1. The molecule has 6 nitrogen and oxygen atoms in total. The van der Waals surface area contributed by atoms with Crippen molar-refractivity contribution in [3.05, 3.63) is 39.7 Å². The summed E-state index contributed by atoms with van der Waals surface area (Å²) in [5, 5.41) is 23.1. The van der Waals surface area contributed by atoms with Gasteiger partial charge in [-0.25, -0.2) is 4.79 Å². The fraction of sp³-hybridized carbons (Fsp3) is 0.444. The van der Waals surface area contributed by atoms with Crippen molar-refractivity contribution < 1.29 is 19.4 Å². The number of hydrogen-bond acceptors (Lipinski definition) is 5. The highest BCUT2D eigenvalue weighted by Gasteiger charge is 2.20. The standard InChI is InChI=1S/C18H23NO5/c1-4-11-8-16(21)24-17-12(11)5-6-15(20)13(17)9-19-14(18(22)23)7-10(2)3/h5-6,8,10,14,19-20H,4,7,9H2,1-3H3,(H,22,23)/t14-/m1/s1. The lowest BCUT2D eigenvalue weighted by atomic mass is 10.0. The second kappa shape index (κ2) is 7.49. The molecule has 0 aliphatic heterocycles. The Morgan fingerprint density at radius 1 is 1.33 bits per heavy atom. The maximum atomic E-state index is 11.8. The van der Waals surface area contributed by atoms with Crippen LogP contribution in [0.4, 0.5) is 0 Å². The lowest BCUT2D eigenvalue weighted by Crippen LogP contribution is -2.37. The topological polar surface area (TPSA) is 99.8 Å². The van der Waals surface area contributed by atoms with E-state index in [-0.39, 0.29) is 18.2 Å². The molecule has 0 fully saturated rings. The number of aromatic hydroxyl groups is 1. The maximum Gasteiger partial charge on any atom is 0.336 e. The fourth-order valence-electron chi connectivity index (χ4n) is 2.77. The number of fused-ring (bicyclic) bond motifs is 1. The van der Waals surface area contributed by atoms with Gasteiger partial charge in [-0.15, -0.1) is 0 Å². The quantitative estimate of drug-likeness (QED) is 0.674. The van der Waals surface area contributed by atoms with E-state index in [2.05, 4.69) is 5.32 Å². The number of carbonyl (C=O) groups is 1. The lowest BCUT2D eigenvalue weighted by molar-refractivity contribution is -0.140. The Hall–Kier alpha value is -2.34. The number of phenols is 1. The second-order valence-electron chi connectivity index (χ2n) is 6.29. The number of hydrogen-bond donors (Lipinski definition) is 3. The summed E-state index contributed by atoms with van der Waals surface area (Å²) in [5.41, 5.74) is 1.05. The minimum Gasteiger partial charge on any atom is -0.507 e. The van der Waals surface area contributed by atoms with Crippen molar-refractivity contribution in [2.75, 3.05) is 0 Å². The Morgan fingerprint density at radius 2 is 2.04 bits per heavy atom. The summed E-state index contributed by atoms with van der Waals surface area (Å²) in [7, 11) is 0. The minimum atomic E-state index is -0.945. The molecule has 3 N–H and O–H groups in total. The van der Waals surface area contributed by atoms with E-state index in [0.717, 1.165) is 10.9 Å². The van der Waals surface area contributed by atoms with Crippen molar-refractivity contribution in [2.24, 2.45) is 5.92 Å². The van der Waals surface area contributed by atoms with Crippen LogP contribution in [0.3, 0.4) is 0 Å². The largest absolute Gasteiger partial charge is 0.507 e. The Morgan fingerprint density at radius 3 is 2.62 bits per heavy atom. The molecule has 1 aromatic heterocycles. The van der Waals surface area contributed by atoms with Crippen molar-refractivity contribution in [1.82, 2.24) is 5.32 Å². The number of phenolic OH excluding ortho intramolecular Hbond substituents is 1. The number of nitrogens with one attached hydrogen (secondary N) is 1. The van der Waals surface area contributed by atoms with E-state index in [9.17, 15) is 19.8 Å². The molecule has 2 rings (SSSR count). The van der Waals surface area contributed by atoms with Gasteiger partial charge in [-0.3, -0.25) is 4.79 Å². The molecule has 0 spiro atoms. The zero-order chi connectivity index (χ0) is 17.9. The first-order valence-corrected chi connectivity index (χ1v) is 8.07. The number of benzene rings is 1. The molecular weight excluding hydrogens is 310 g/mol. The van der Waals surface area contributed by atoms with Crippen LogP contribution in [-0.4, -0.2) is 22.2 Å². The molecule has 6 heteroatoms. The third kappa shape index (κ3) is 3.94. The molecule has 0 unspecified atom stereocenters. The molecule has 0 aliphatic carbocycles. The van der Waals surface area contributed by atoms with Gasteiger partial charge in [0.15, 0.2) is 0 Å². The van der Waals surface area contributed by atoms with Gasteiger partial charge in [0.25, 0.3) is 0 Å². The van der Waals surface area contributed by atoms with Crippen LogP contribution in [0.25, 0.3) is 11.0 Å². The molecule has 130 valence electrons. The summed E-state index contributed by atoms with van der Waals surface area (Å²) >= 11 is 0. The SMILES string of the molecule is CCc1cc(=O)oc2c(CN[C@H](CC(C)C)C(=O)O)c(O)ccc12. The second-order valence-corrected chi connectivity index (χ2v) is 6.29. The average Bonchev–Trinajstić information content (AvgIpc) is 2.51. The van der Waals surface area contributed by atoms with Crippen LogP contribution < -0.4 is 10.9 Å². The first-order chi connectivity index (χ1) is 11.3. The van der Waals surface area contributed by atoms with Crippen LogP contribution in [0, 0.1) is 5.92 Å². The zero-order valence-electron chi connectivity index (χ0n) is 14.1. The summed E-state index contributed by atoms with van der Waals surface area (Å²) in [4.78, 5) is 23.1. The number of rotatable bonds is 7. The van der Waals surface area contributed by atoms with Gasteiger partial charge in [0.2, 0.25) is 0 Å². The van der Waals surface area contributed by atoms with E-state index in [4.69, 9.17) is 4.42 Å². The van der Waals surface area contributed by atoms with Crippen LogP contribution in [-0.2, 0) is 17.8 Å². The first-order valence-electron chi connectivity index (χ1n) is 8.07. The van der Waals surface area contributed by atoms with E-state index in [1.165, 1.54) is 12.1 Å². The van der Waals surface area contributed by atoms with E-state index < -0.39 is 17.6 Å². The van der Waals surface area contributed by atoms with Crippen molar-refractivity contribution >= 4 is 16.9 Å². The summed E-state index contributed by atoms with van der Waals surface area (Å²) in [6.45, 7) is 5.92. The van der Waals surface area contributed by atoms with Crippen LogP contribution in [0.2, 0.25) is 0 Å². The van der Waals surface area contributed by atoms with Gasteiger partial charge in [-0.1, -0.05) is 20.8 Å². The van der Waals surface area contributed by atoms with E-state index in [1.807, 2.05) is 20.8 Å². The predicted octanol–water partition coefficient (Wildman–Crippen LogP) is 2.65. The first kappa shape index (κ1) is 18.0. The van der Waals surface area contributed by atoms with Crippen LogP contribution in [0.1, 0.15) is 38.3 Å². The number of aryl methyl sites for hydroxylation is 1. The molecule has 2 aromatic rings. The van der Waals surface area contributed by atoms with Crippen molar-refractivity contribution in [3.8, 4) is 5.75 Å². The van der Waals surface area contributed by atoms with Crippen molar-refractivity contribution in [2.45, 2.75) is 46.2 Å². The highest BCUT2D eigenvalue weighted by Crippen LogP contribution is 2.28. The average molecular weight is 333 g/mol. The lowest BCUT2D eigenvalue weighted by Gasteiger charge is -2.17. The Labute approximate surface area is 140 Å². The molecule has 1 heterocycles. The van der Waals surface area contributed by atoms with Gasteiger partial charge < -0.3 is 19.9 Å². The normalized spacial score (nSPS) is 12.7. The smallest absolute Gasteiger partial charge is 0.336 e. The van der Waals surface area contributed by atoms with E-state index in [1.54, 1.807) is 6.07 Å². The highest BCUT2D eigenvalue weighted by atomic mass is 16.4. The Kier molecular flexibility index (Phi) is 5.62. The Balaban J connectivity index is 2.41. The number of carboxylic acids is 1. The molecule has 1 aromatic carbocycles. The van der Waals surface area contributed by atoms with Crippen molar-refractivity contribution in [1.29, 1.82) is 0 Å². The van der Waals surface area contributed by atoms with Crippen LogP contribution >= 0.6 is 0 Å². The maximum absolute atomic E-state index is 11.8. The number of aliphatic carboxylic acids is 1. The molecule has 0 radical (unpaired) electrons. The summed E-state index contributed by atoms with van der Waals surface area (Å²) < 4.78 is 5.29. The molecular formula is C18H23NO5. The van der Waals surface area contributed by atoms with Gasteiger partial charge in [0.1, 0.15) is 17.4 Å². The van der Waals surface area contributed by atoms with Gasteiger partial charge in [0, 0.05) is 18.0 Å². The molecule has 0 bridgehead atoms. The van der Waals surface area contributed by atoms with Gasteiger partial charge in [-0.2, -0.15) is 0 Å². The molecule has 1 atom stereocenters. The van der Waals surface area contributed by atoms with Crippen molar-refractivity contribution in [3.63, 3.8) is 0 Å². The predicted molar refractivity (Wildman–Crippen MR) is 91.2 cm³/mol. The third-order valence-corrected chi connectivity index (χ3v) is 3.99. The van der Waals surface area contributed by atoms with E-state index in [0.29, 0.717) is 24.0 Å². The van der Waals surface area contributed by atoms with Gasteiger partial charge >= 0.3 is 11.6 Å². The summed E-state index contributed by atoms with van der Waals surface area (Å²) in [5.74, 6) is -0.761. The fourth-order valence-corrected chi connectivity index (χ4v) is 2.77. The third-order valence-electron chi connectivity index (χ3n) is 3.99. The molecule has 24 heavy (non-hydrogen) atoms. The molecule has 0 saturated heterocycles. The minimum absolute atomic E-state index is 0.0277. The summed E-state index contributed by atoms with van der Waals surface area (Å²) in [6.07, 6.45) is 1.12. The van der Waals surface area contributed by atoms with Crippen LogP contribution in [0.15, 0.2) is 27.4 Å². The Bertz CT molecular complexity index is 794. The van der Waals surface area contributed by atoms with Gasteiger partial charge in [0.05, 0.1) is 5.56 Å². The van der Waals surface area contributed by atoms with Gasteiger partial charge in [-0.05, 0) is 36.5 Å². The monoisotopic (exact) mass is 333 g/mol. The molecule has 0 saturated carbocycles.